The van der Waals surface area contributed by atoms with E-state index in [1.165, 1.54) is 7.11 Å². The number of methoxy groups -OCH3 is 1. The van der Waals surface area contributed by atoms with Crippen molar-refractivity contribution >= 4 is 11.9 Å². The van der Waals surface area contributed by atoms with Crippen molar-refractivity contribution in [3.05, 3.63) is 35.4 Å². The molecule has 2 N–H and O–H groups in total. The van der Waals surface area contributed by atoms with Crippen molar-refractivity contribution in [2.75, 3.05) is 20.2 Å². The molecule has 0 atom stereocenters. The Morgan fingerprint density at radius 3 is 2.52 bits per heavy atom. The minimum absolute atomic E-state index is 0.0622. The van der Waals surface area contributed by atoms with Crippen LogP contribution in [0.3, 0.4) is 0 Å². The summed E-state index contributed by atoms with van der Waals surface area (Å²) >= 11 is 0. The van der Waals surface area contributed by atoms with Crippen molar-refractivity contribution in [1.29, 1.82) is 0 Å². The summed E-state index contributed by atoms with van der Waals surface area (Å²) in [6.07, 6.45) is 1.67. The predicted molar refractivity (Wildman–Crippen MR) is 81.8 cm³/mol. The molecule has 0 unspecified atom stereocenters. The highest BCUT2D eigenvalue weighted by molar-refractivity contribution is 5.76. The van der Waals surface area contributed by atoms with E-state index in [1.54, 1.807) is 0 Å². The molecule has 1 amide bonds. The first-order valence-electron chi connectivity index (χ1n) is 7.28. The van der Waals surface area contributed by atoms with Crippen LogP contribution in [0.5, 0.6) is 0 Å². The molecule has 0 fully saturated rings. The van der Waals surface area contributed by atoms with Crippen molar-refractivity contribution in [2.24, 2.45) is 0 Å². The first-order chi connectivity index (χ1) is 10.2. The zero-order valence-corrected chi connectivity index (χ0v) is 12.8. The number of hydrogen-bond donors (Lipinski definition) is 2. The molecule has 21 heavy (non-hydrogen) atoms. The fourth-order valence-electron chi connectivity index (χ4n) is 1.91. The van der Waals surface area contributed by atoms with Crippen molar-refractivity contribution in [3.8, 4) is 0 Å². The Morgan fingerprint density at radius 2 is 1.86 bits per heavy atom. The van der Waals surface area contributed by atoms with Crippen LogP contribution < -0.4 is 10.6 Å². The zero-order valence-electron chi connectivity index (χ0n) is 12.8. The normalized spacial score (nSPS) is 10.2. The Bertz CT molecular complexity index is 461. The highest BCUT2D eigenvalue weighted by Crippen LogP contribution is 2.10. The molecule has 1 rings (SSSR count). The van der Waals surface area contributed by atoms with Gasteiger partial charge in [0, 0.05) is 26.1 Å². The number of hydrogen-bond acceptors (Lipinski definition) is 4. The minimum atomic E-state index is -0.249. The molecule has 0 bridgehead atoms. The summed E-state index contributed by atoms with van der Waals surface area (Å²) < 4.78 is 4.69. The average molecular weight is 292 g/mol. The van der Waals surface area contributed by atoms with Crippen LogP contribution in [0, 0.1) is 0 Å². The molecular formula is C16H24N2O3. The van der Waals surface area contributed by atoms with E-state index in [9.17, 15) is 9.59 Å². The van der Waals surface area contributed by atoms with Crippen molar-refractivity contribution < 1.29 is 14.3 Å². The zero-order chi connectivity index (χ0) is 15.5. The lowest BCUT2D eigenvalue weighted by molar-refractivity contribution is -0.139. The molecule has 0 saturated carbocycles. The maximum Gasteiger partial charge on any atom is 0.309 e. The monoisotopic (exact) mass is 292 g/mol. The lowest BCUT2D eigenvalue weighted by Crippen LogP contribution is -2.28. The van der Waals surface area contributed by atoms with Gasteiger partial charge in [0.05, 0.1) is 13.5 Å². The lowest BCUT2D eigenvalue weighted by atomic mass is 10.0. The quantitative estimate of drug-likeness (QED) is 0.533. The van der Waals surface area contributed by atoms with Gasteiger partial charge in [-0.25, -0.2) is 0 Å². The molecule has 0 aliphatic rings. The van der Waals surface area contributed by atoms with Crippen LogP contribution >= 0.6 is 0 Å². The molecule has 0 saturated heterocycles. The van der Waals surface area contributed by atoms with Crippen LogP contribution in [0.25, 0.3) is 0 Å². The fourth-order valence-corrected chi connectivity index (χ4v) is 1.91. The van der Waals surface area contributed by atoms with Crippen molar-refractivity contribution in [1.82, 2.24) is 10.6 Å². The molecule has 1 aromatic rings. The maximum absolute atomic E-state index is 11.5. The Hall–Kier alpha value is -1.88. The molecule has 0 aromatic heterocycles. The summed E-state index contributed by atoms with van der Waals surface area (Å²) in [5.74, 6) is -0.186. The summed E-state index contributed by atoms with van der Waals surface area (Å²) in [6, 6.07) is 7.73. The Labute approximate surface area is 126 Å². The Morgan fingerprint density at radius 1 is 1.14 bits per heavy atom. The second kappa shape index (κ2) is 9.94. The van der Waals surface area contributed by atoms with E-state index in [0.717, 1.165) is 24.1 Å². The minimum Gasteiger partial charge on any atom is -0.469 e. The average Bonchev–Trinajstić information content (AvgIpc) is 2.50. The summed E-state index contributed by atoms with van der Waals surface area (Å²) in [7, 11) is 1.39. The molecule has 5 nitrogen and oxygen atoms in total. The first kappa shape index (κ1) is 17.2. The lowest BCUT2D eigenvalue weighted by Gasteiger charge is -2.10. The highest BCUT2D eigenvalue weighted by Gasteiger charge is 2.07. The largest absolute Gasteiger partial charge is 0.469 e. The number of carbonyl (C=O) groups excluding carboxylic acids is 2. The van der Waals surface area contributed by atoms with Gasteiger partial charge in [0.1, 0.15) is 0 Å². The van der Waals surface area contributed by atoms with Gasteiger partial charge in [-0.2, -0.15) is 0 Å². The van der Waals surface area contributed by atoms with Gasteiger partial charge in [0.25, 0.3) is 0 Å². The Balaban J connectivity index is 2.38. The van der Waals surface area contributed by atoms with E-state index in [2.05, 4.69) is 10.6 Å². The van der Waals surface area contributed by atoms with Gasteiger partial charge in [-0.1, -0.05) is 31.2 Å². The molecule has 0 spiro atoms. The standard InChI is InChI=1S/C16H24N2O3/c1-3-9-18-15(19)8-10-17-12-14-7-5-4-6-13(14)11-16(20)21-2/h4-7,17H,3,8-12H2,1-2H3,(H,18,19). The van der Waals surface area contributed by atoms with Gasteiger partial charge < -0.3 is 15.4 Å². The van der Waals surface area contributed by atoms with Crippen LogP contribution in [0.15, 0.2) is 24.3 Å². The van der Waals surface area contributed by atoms with E-state index in [-0.39, 0.29) is 18.3 Å². The van der Waals surface area contributed by atoms with E-state index in [4.69, 9.17) is 4.74 Å². The number of amides is 1. The molecule has 0 aliphatic heterocycles. The van der Waals surface area contributed by atoms with Gasteiger partial charge in [0.2, 0.25) is 5.91 Å². The summed E-state index contributed by atoms with van der Waals surface area (Å²) in [5.41, 5.74) is 2.00. The second-order valence-corrected chi connectivity index (χ2v) is 4.80. The van der Waals surface area contributed by atoms with Crippen LogP contribution in [-0.2, 0) is 27.3 Å². The van der Waals surface area contributed by atoms with Crippen LogP contribution in [-0.4, -0.2) is 32.1 Å². The number of ether oxygens (including phenoxy) is 1. The van der Waals surface area contributed by atoms with Gasteiger partial charge in [0.15, 0.2) is 0 Å². The molecule has 116 valence electrons. The molecule has 1 aromatic carbocycles. The molecule has 0 radical (unpaired) electrons. The third-order valence-corrected chi connectivity index (χ3v) is 3.10. The third kappa shape index (κ3) is 6.90. The number of rotatable bonds is 9. The first-order valence-corrected chi connectivity index (χ1v) is 7.28. The van der Waals surface area contributed by atoms with Crippen molar-refractivity contribution in [3.63, 3.8) is 0 Å². The second-order valence-electron chi connectivity index (χ2n) is 4.80. The number of nitrogens with one attached hydrogen (secondary N) is 2. The summed E-state index contributed by atoms with van der Waals surface area (Å²) in [5, 5.41) is 6.06. The number of esters is 1. The van der Waals surface area contributed by atoms with Crippen molar-refractivity contribution in [2.45, 2.75) is 32.7 Å². The molecule has 0 aliphatic carbocycles. The smallest absolute Gasteiger partial charge is 0.309 e. The fraction of sp³-hybridized carbons (Fsp3) is 0.500. The SMILES string of the molecule is CCCNC(=O)CCNCc1ccccc1CC(=O)OC. The summed E-state index contributed by atoms with van der Waals surface area (Å²) in [6.45, 7) is 3.99. The van der Waals surface area contributed by atoms with Gasteiger partial charge in [-0.05, 0) is 17.5 Å². The number of benzene rings is 1. The molecule has 5 heteroatoms. The summed E-state index contributed by atoms with van der Waals surface area (Å²) in [4.78, 5) is 22.8. The Kier molecular flexibility index (Phi) is 8.12. The van der Waals surface area contributed by atoms with Gasteiger partial charge in [-0.15, -0.1) is 0 Å². The topological polar surface area (TPSA) is 67.4 Å². The van der Waals surface area contributed by atoms with Crippen LogP contribution in [0.2, 0.25) is 0 Å². The van der Waals surface area contributed by atoms with E-state index in [0.29, 0.717) is 19.5 Å². The number of carbonyl (C=O) groups is 2. The van der Waals surface area contributed by atoms with Crippen LogP contribution in [0.4, 0.5) is 0 Å². The molecular weight excluding hydrogens is 268 g/mol. The maximum atomic E-state index is 11.5. The van der Waals surface area contributed by atoms with E-state index in [1.807, 2.05) is 31.2 Å². The van der Waals surface area contributed by atoms with Crippen LogP contribution in [0.1, 0.15) is 30.9 Å². The van der Waals surface area contributed by atoms with E-state index >= 15 is 0 Å². The van der Waals surface area contributed by atoms with Gasteiger partial charge >= 0.3 is 5.97 Å². The van der Waals surface area contributed by atoms with E-state index < -0.39 is 0 Å². The molecule has 0 heterocycles. The predicted octanol–water partition coefficient (Wildman–Crippen LogP) is 1.41. The highest BCUT2D eigenvalue weighted by atomic mass is 16.5. The van der Waals surface area contributed by atoms with Gasteiger partial charge in [-0.3, -0.25) is 9.59 Å². The third-order valence-electron chi connectivity index (χ3n) is 3.10.